The highest BCUT2D eigenvalue weighted by atomic mass is 32.1. The number of nitrogens with zero attached hydrogens (tertiary/aromatic N) is 3. The minimum absolute atomic E-state index is 0.140. The van der Waals surface area contributed by atoms with Gasteiger partial charge in [-0.15, -0.1) is 0 Å². The summed E-state index contributed by atoms with van der Waals surface area (Å²) in [6.45, 7) is 4.52. The molecule has 10 heteroatoms. The van der Waals surface area contributed by atoms with Crippen LogP contribution in [0.15, 0.2) is 79.0 Å². The molecule has 1 aliphatic heterocycles. The molecule has 4 aromatic rings. The number of carbonyl (C=O) groups is 2. The van der Waals surface area contributed by atoms with Crippen LogP contribution in [0.5, 0.6) is 5.75 Å². The molecule has 42 heavy (non-hydrogen) atoms. The number of pyridine rings is 1. The van der Waals surface area contributed by atoms with Crippen LogP contribution in [0.25, 0.3) is 5.69 Å². The normalized spacial score (nSPS) is 16.2. The molecule has 216 valence electrons. The van der Waals surface area contributed by atoms with Crippen LogP contribution in [0, 0.1) is 13.8 Å². The van der Waals surface area contributed by atoms with Gasteiger partial charge in [0.1, 0.15) is 5.75 Å². The predicted molar refractivity (Wildman–Crippen MR) is 165 cm³/mol. The van der Waals surface area contributed by atoms with Gasteiger partial charge < -0.3 is 29.6 Å². The maximum absolute atomic E-state index is 13.0. The Balaban J connectivity index is 1.46. The third kappa shape index (κ3) is 5.71. The van der Waals surface area contributed by atoms with Gasteiger partial charge in [-0.1, -0.05) is 18.2 Å². The highest BCUT2D eigenvalue weighted by Gasteiger charge is 2.41. The van der Waals surface area contributed by atoms with Crippen molar-refractivity contribution in [2.75, 3.05) is 26.1 Å². The second kappa shape index (κ2) is 12.4. The molecule has 1 fully saturated rings. The molecule has 2 aromatic carbocycles. The summed E-state index contributed by atoms with van der Waals surface area (Å²) < 4.78 is 12.4. The van der Waals surface area contributed by atoms with Crippen molar-refractivity contribution in [1.82, 2.24) is 19.8 Å². The third-order valence-electron chi connectivity index (χ3n) is 7.49. The Morgan fingerprint density at radius 3 is 2.45 bits per heavy atom. The maximum Gasteiger partial charge on any atom is 0.337 e. The van der Waals surface area contributed by atoms with Crippen LogP contribution in [0.1, 0.15) is 51.5 Å². The minimum Gasteiger partial charge on any atom is -0.495 e. The van der Waals surface area contributed by atoms with Crippen molar-refractivity contribution in [3.63, 3.8) is 0 Å². The van der Waals surface area contributed by atoms with Gasteiger partial charge in [0.2, 0.25) is 5.91 Å². The molecule has 0 unspecified atom stereocenters. The van der Waals surface area contributed by atoms with Crippen molar-refractivity contribution in [2.24, 2.45) is 0 Å². The lowest BCUT2D eigenvalue weighted by Gasteiger charge is -2.28. The van der Waals surface area contributed by atoms with E-state index in [1.54, 1.807) is 31.5 Å². The second-order valence-corrected chi connectivity index (χ2v) is 10.4. The molecule has 9 nitrogen and oxygen atoms in total. The highest BCUT2D eigenvalue weighted by molar-refractivity contribution is 7.80. The maximum atomic E-state index is 13.0. The van der Waals surface area contributed by atoms with Crippen LogP contribution in [0.2, 0.25) is 0 Å². The Bertz CT molecular complexity index is 1600. The van der Waals surface area contributed by atoms with Crippen LogP contribution in [-0.4, -0.2) is 52.2 Å². The topological polar surface area (TPSA) is 97.7 Å². The standard InChI is InChI=1S/C32H33N5O4S/c1-20-19-24(21(2)37(20)23-14-12-22(13-15-23)31(39)41-4)30-29(26-10-7-8-17-33-26)35-32(42)36(30)18-16-28(38)34-25-9-5-6-11-27(25)40-3/h5-15,17,19,29-30H,16,18H2,1-4H3,(H,34,38)(H,35,42)/t29-,30-/m1/s1. The molecule has 1 aliphatic rings. The predicted octanol–water partition coefficient (Wildman–Crippen LogP) is 5.29. The van der Waals surface area contributed by atoms with Gasteiger partial charge in [-0.3, -0.25) is 9.78 Å². The average Bonchev–Trinajstić information content (AvgIpc) is 3.50. The van der Waals surface area contributed by atoms with Crippen molar-refractivity contribution >= 4 is 34.9 Å². The number of ether oxygens (including phenoxy) is 2. The number of rotatable bonds is 9. The molecule has 0 spiro atoms. The number of anilines is 1. The summed E-state index contributed by atoms with van der Waals surface area (Å²) >= 11 is 5.83. The van der Waals surface area contributed by atoms with E-state index in [1.165, 1.54) is 7.11 Å². The number of nitrogens with one attached hydrogen (secondary N) is 2. The molecular formula is C32H33N5O4S. The molecule has 0 saturated carbocycles. The van der Waals surface area contributed by atoms with Crippen LogP contribution < -0.4 is 15.4 Å². The number of aryl methyl sites for hydroxylation is 1. The van der Waals surface area contributed by atoms with E-state index < -0.39 is 0 Å². The summed E-state index contributed by atoms with van der Waals surface area (Å²) in [4.78, 5) is 31.7. The van der Waals surface area contributed by atoms with E-state index in [9.17, 15) is 9.59 Å². The molecule has 2 aromatic heterocycles. The molecule has 0 aliphatic carbocycles. The van der Waals surface area contributed by atoms with E-state index in [0.29, 0.717) is 28.7 Å². The average molecular weight is 584 g/mol. The number of methoxy groups -OCH3 is 2. The first kappa shape index (κ1) is 28.8. The molecule has 5 rings (SSSR count). The summed E-state index contributed by atoms with van der Waals surface area (Å²) in [6.07, 6.45) is 1.99. The third-order valence-corrected chi connectivity index (χ3v) is 7.85. The van der Waals surface area contributed by atoms with Crippen LogP contribution in [0.3, 0.4) is 0 Å². The molecule has 0 radical (unpaired) electrons. The zero-order valence-electron chi connectivity index (χ0n) is 24.0. The van der Waals surface area contributed by atoms with Gasteiger partial charge >= 0.3 is 5.97 Å². The number of hydrogen-bond acceptors (Lipinski definition) is 6. The fourth-order valence-corrected chi connectivity index (χ4v) is 5.85. The zero-order valence-corrected chi connectivity index (χ0v) is 24.8. The second-order valence-electron chi connectivity index (χ2n) is 10.0. The fraction of sp³-hybridized carbons (Fsp3) is 0.250. The molecule has 2 atom stereocenters. The number of thiocarbonyl (C=S) groups is 1. The summed E-state index contributed by atoms with van der Waals surface area (Å²) in [5, 5.41) is 6.98. The first-order valence-electron chi connectivity index (χ1n) is 13.6. The Hall–Kier alpha value is -4.70. The monoisotopic (exact) mass is 583 g/mol. The molecule has 2 N–H and O–H groups in total. The van der Waals surface area contributed by atoms with E-state index in [0.717, 1.165) is 28.3 Å². The lowest BCUT2D eigenvalue weighted by atomic mass is 9.96. The number of esters is 1. The van der Waals surface area contributed by atoms with Crippen molar-refractivity contribution in [3.05, 3.63) is 107 Å². The van der Waals surface area contributed by atoms with Crippen molar-refractivity contribution in [1.29, 1.82) is 0 Å². The zero-order chi connectivity index (χ0) is 29.8. The summed E-state index contributed by atoms with van der Waals surface area (Å²) in [7, 11) is 2.94. The van der Waals surface area contributed by atoms with Gasteiger partial charge in [0.15, 0.2) is 5.11 Å². The number of amides is 1. The van der Waals surface area contributed by atoms with E-state index in [2.05, 4.69) is 38.1 Å². The van der Waals surface area contributed by atoms with Crippen LogP contribution in [0.4, 0.5) is 5.69 Å². The quantitative estimate of drug-likeness (QED) is 0.203. The Morgan fingerprint density at radius 1 is 1.02 bits per heavy atom. The first-order chi connectivity index (χ1) is 20.3. The van der Waals surface area contributed by atoms with Crippen molar-refractivity contribution in [2.45, 2.75) is 32.4 Å². The van der Waals surface area contributed by atoms with Gasteiger partial charge in [-0.25, -0.2) is 4.79 Å². The lowest BCUT2D eigenvalue weighted by molar-refractivity contribution is -0.116. The number of para-hydroxylation sites is 2. The van der Waals surface area contributed by atoms with Gasteiger partial charge in [-0.05, 0) is 86.2 Å². The summed E-state index contributed by atoms with van der Waals surface area (Å²) in [6, 6.07) is 22.2. The molecule has 1 saturated heterocycles. The molecule has 1 amide bonds. The molecule has 0 bridgehead atoms. The SMILES string of the molecule is COC(=O)c1ccc(-n2c(C)cc([C@@H]3[C@@H](c4ccccn4)NC(=S)N3CCC(=O)Nc3ccccc3OC)c2C)cc1. The number of aromatic nitrogens is 2. The fourth-order valence-electron chi connectivity index (χ4n) is 5.52. The summed E-state index contributed by atoms with van der Waals surface area (Å²) in [5.41, 5.74) is 6.02. The van der Waals surface area contributed by atoms with Crippen molar-refractivity contribution < 1.29 is 19.1 Å². The highest BCUT2D eigenvalue weighted by Crippen LogP contribution is 2.41. The summed E-state index contributed by atoms with van der Waals surface area (Å²) in [5.74, 6) is 0.0835. The van der Waals surface area contributed by atoms with Crippen LogP contribution in [-0.2, 0) is 9.53 Å². The van der Waals surface area contributed by atoms with E-state index in [1.807, 2.05) is 55.5 Å². The lowest BCUT2D eigenvalue weighted by Crippen LogP contribution is -2.33. The van der Waals surface area contributed by atoms with E-state index in [4.69, 9.17) is 21.7 Å². The number of benzene rings is 2. The van der Waals surface area contributed by atoms with Crippen LogP contribution >= 0.6 is 12.2 Å². The number of carbonyl (C=O) groups excluding carboxylic acids is 2. The molecule has 3 heterocycles. The largest absolute Gasteiger partial charge is 0.495 e. The van der Waals surface area contributed by atoms with Gasteiger partial charge in [0.25, 0.3) is 0 Å². The Kier molecular flexibility index (Phi) is 8.53. The smallest absolute Gasteiger partial charge is 0.337 e. The van der Waals surface area contributed by atoms with E-state index in [-0.39, 0.29) is 30.4 Å². The van der Waals surface area contributed by atoms with Crippen molar-refractivity contribution in [3.8, 4) is 11.4 Å². The Morgan fingerprint density at radius 2 is 1.76 bits per heavy atom. The first-order valence-corrected chi connectivity index (χ1v) is 14.0. The minimum atomic E-state index is -0.377. The molecular weight excluding hydrogens is 550 g/mol. The van der Waals surface area contributed by atoms with Gasteiger partial charge in [-0.2, -0.15) is 0 Å². The van der Waals surface area contributed by atoms with Gasteiger partial charge in [0.05, 0.1) is 43.2 Å². The Labute approximate surface area is 250 Å². The number of hydrogen-bond donors (Lipinski definition) is 2. The van der Waals surface area contributed by atoms with E-state index >= 15 is 0 Å². The van der Waals surface area contributed by atoms with Gasteiger partial charge in [0, 0.05) is 36.2 Å².